The second-order valence-corrected chi connectivity index (χ2v) is 11.8. The summed E-state index contributed by atoms with van der Waals surface area (Å²) in [6.07, 6.45) is 8.19. The van der Waals surface area contributed by atoms with E-state index in [-0.39, 0.29) is 18.0 Å². The number of nitrogens with one attached hydrogen (secondary N) is 1. The summed E-state index contributed by atoms with van der Waals surface area (Å²) in [7, 11) is -2.34. The highest BCUT2D eigenvalue weighted by Gasteiger charge is 2.50. The Hall–Kier alpha value is -3.10. The van der Waals surface area contributed by atoms with Gasteiger partial charge < -0.3 is 0 Å². The van der Waals surface area contributed by atoms with Gasteiger partial charge in [-0.2, -0.15) is 19.4 Å². The molecule has 3 heterocycles. The molecule has 0 spiro atoms. The number of alkyl halides is 1. The summed E-state index contributed by atoms with van der Waals surface area (Å²) < 4.78 is 44.6. The average Bonchev–Trinajstić information content (AvgIpc) is 3.26. The predicted octanol–water partition coefficient (Wildman–Crippen LogP) is 1.19. The number of nitrogens with zero attached hydrogens (tertiary/aromatic N) is 6. The molecule has 3 amide bonds. The van der Waals surface area contributed by atoms with Crippen LogP contribution in [0.1, 0.15) is 28.4 Å². The van der Waals surface area contributed by atoms with Crippen molar-refractivity contribution >= 4 is 39.0 Å². The number of carbonyl (C=O) groups excluding carboxylic acids is 2. The quantitative estimate of drug-likeness (QED) is 0.518. The number of halogens is 1. The Bertz CT molecular complexity index is 1420. The largest absolute Gasteiger partial charge is 0.501 e. The number of hydrogen-bond donors (Lipinski definition) is 1. The molecule has 2 aliphatic carbocycles. The Morgan fingerprint density at radius 1 is 1.29 bits per heavy atom. The van der Waals surface area contributed by atoms with Crippen LogP contribution in [0.4, 0.5) is 9.18 Å². The summed E-state index contributed by atoms with van der Waals surface area (Å²) in [6.45, 7) is 1.05. The van der Waals surface area contributed by atoms with E-state index in [9.17, 15) is 22.4 Å². The second-order valence-electron chi connectivity index (χ2n) is 8.85. The summed E-state index contributed by atoms with van der Waals surface area (Å²) in [5, 5.41) is 13.5. The predicted molar refractivity (Wildman–Crippen MR) is 123 cm³/mol. The summed E-state index contributed by atoms with van der Waals surface area (Å²) >= 11 is 1.33. The van der Waals surface area contributed by atoms with Gasteiger partial charge in [0.2, 0.25) is 10.0 Å². The Balaban J connectivity index is 1.53. The molecule has 1 N–H and O–H groups in total. The van der Waals surface area contributed by atoms with Gasteiger partial charge in [0.05, 0.1) is 16.6 Å². The summed E-state index contributed by atoms with van der Waals surface area (Å²) in [5.41, 5.74) is -0.0771. The summed E-state index contributed by atoms with van der Waals surface area (Å²) in [5.74, 6) is -1.57. The van der Waals surface area contributed by atoms with Crippen molar-refractivity contribution in [2.45, 2.75) is 38.4 Å². The number of rotatable bonds is 8. The van der Waals surface area contributed by atoms with Gasteiger partial charge in [0.25, 0.3) is 0 Å². The van der Waals surface area contributed by atoms with Crippen LogP contribution in [0, 0.1) is 12.8 Å². The van der Waals surface area contributed by atoms with Crippen molar-refractivity contribution in [3.05, 3.63) is 51.1 Å². The van der Waals surface area contributed by atoms with E-state index in [1.807, 2.05) is 0 Å². The molecule has 0 radical (unpaired) electrons. The van der Waals surface area contributed by atoms with Gasteiger partial charge in [-0.3, -0.25) is 4.68 Å². The number of fused-ring (bicyclic) bond motifs is 1. The maximum absolute atomic E-state index is 13.5. The molecule has 11 nitrogen and oxygen atoms in total. The molecule has 35 heavy (non-hydrogen) atoms. The Labute approximate surface area is 204 Å². The van der Waals surface area contributed by atoms with E-state index in [0.29, 0.717) is 29.1 Å². The number of urea groups is 1. The van der Waals surface area contributed by atoms with Crippen LogP contribution in [-0.2, 0) is 35.0 Å². The van der Waals surface area contributed by atoms with Crippen molar-refractivity contribution in [3.8, 4) is 0 Å². The molecule has 0 aromatic carbocycles. The molecule has 1 unspecified atom stereocenters. The number of aryl methyl sites for hydroxylation is 2. The first kappa shape index (κ1) is 23.6. The van der Waals surface area contributed by atoms with Crippen LogP contribution in [0.25, 0.3) is 0 Å². The number of imide groups is 1. The third-order valence-corrected chi connectivity index (χ3v) is 8.52. The van der Waals surface area contributed by atoms with Gasteiger partial charge in [-0.1, -0.05) is 11.3 Å². The van der Waals surface area contributed by atoms with Crippen LogP contribution < -0.4 is 4.72 Å². The first-order valence-electron chi connectivity index (χ1n) is 10.9. The van der Waals surface area contributed by atoms with E-state index in [2.05, 4.69) is 20.0 Å². The number of aromatic nitrogens is 4. The molecule has 1 saturated carbocycles. The van der Waals surface area contributed by atoms with Crippen LogP contribution in [0.15, 0.2) is 35.5 Å². The van der Waals surface area contributed by atoms with Gasteiger partial charge in [-0.25, -0.2) is 22.3 Å². The van der Waals surface area contributed by atoms with Crippen molar-refractivity contribution in [2.24, 2.45) is 13.0 Å². The fraction of sp³-hybridized carbons (Fsp3) is 0.429. The maximum atomic E-state index is 13.5. The lowest BCUT2D eigenvalue weighted by Crippen LogP contribution is -2.54. The van der Waals surface area contributed by atoms with Crippen molar-refractivity contribution in [3.63, 3.8) is 0 Å². The molecule has 184 valence electrons. The Morgan fingerprint density at radius 2 is 2.06 bits per heavy atom. The minimum absolute atomic E-state index is 0.0240. The van der Waals surface area contributed by atoms with E-state index in [1.54, 1.807) is 31.0 Å². The molecule has 2 aromatic rings. The lowest BCUT2D eigenvalue weighted by atomic mass is 9.94. The zero-order chi connectivity index (χ0) is 25.0. The fourth-order valence-corrected chi connectivity index (χ4v) is 6.27. The van der Waals surface area contributed by atoms with Crippen LogP contribution in [0.2, 0.25) is 0 Å². The molecule has 1 atom stereocenters. The van der Waals surface area contributed by atoms with Crippen LogP contribution >= 0.6 is 11.3 Å². The summed E-state index contributed by atoms with van der Waals surface area (Å²) in [4.78, 5) is 27.8. The lowest BCUT2D eigenvalue weighted by molar-refractivity contribution is -0.456. The molecule has 0 saturated heterocycles. The highest BCUT2D eigenvalue weighted by molar-refractivity contribution is 7.93. The van der Waals surface area contributed by atoms with Crippen molar-refractivity contribution in [1.82, 2.24) is 29.6 Å². The van der Waals surface area contributed by atoms with Gasteiger partial charge >= 0.3 is 11.9 Å². The van der Waals surface area contributed by atoms with E-state index in [0.717, 1.165) is 9.91 Å². The van der Waals surface area contributed by atoms with Gasteiger partial charge in [-0.15, -0.1) is 10.2 Å². The first-order valence-corrected chi connectivity index (χ1v) is 13.2. The van der Waals surface area contributed by atoms with Crippen LogP contribution in [0.3, 0.4) is 0 Å². The highest BCUT2D eigenvalue weighted by Crippen LogP contribution is 2.38. The van der Waals surface area contributed by atoms with E-state index < -0.39 is 40.1 Å². The second kappa shape index (κ2) is 8.53. The molecule has 1 aliphatic heterocycles. The molecule has 5 rings (SSSR count). The number of amides is 3. The summed E-state index contributed by atoms with van der Waals surface area (Å²) in [6, 6.07) is -0.546. The van der Waals surface area contributed by atoms with Crippen molar-refractivity contribution in [2.75, 3.05) is 6.67 Å². The topological polar surface area (TPSA) is 130 Å². The van der Waals surface area contributed by atoms with E-state index in [1.165, 1.54) is 34.1 Å². The molecule has 14 heteroatoms. The van der Waals surface area contributed by atoms with Gasteiger partial charge in [0, 0.05) is 18.8 Å². The number of sulfonamides is 1. The zero-order valence-corrected chi connectivity index (χ0v) is 20.6. The van der Waals surface area contributed by atoms with Crippen LogP contribution in [0.5, 0.6) is 0 Å². The number of hydrogen-bond acceptors (Lipinski definition) is 8. The monoisotopic (exact) mass is 520 g/mol. The first-order chi connectivity index (χ1) is 16.6. The Kier molecular flexibility index (Phi) is 5.76. The molecular formula is C21H23FN7O4S2+. The molecule has 1 fully saturated rings. The lowest BCUT2D eigenvalue weighted by Gasteiger charge is -2.27. The molecule has 2 aromatic heterocycles. The number of carbonyl (C=O) groups is 2. The van der Waals surface area contributed by atoms with Gasteiger partial charge in [0.1, 0.15) is 36.4 Å². The van der Waals surface area contributed by atoms with E-state index in [4.69, 9.17) is 0 Å². The normalized spacial score (nSPS) is 21.4. The fourth-order valence-electron chi connectivity index (χ4n) is 4.06. The smallest absolute Gasteiger partial charge is 0.275 e. The van der Waals surface area contributed by atoms with Crippen LogP contribution in [-0.4, -0.2) is 67.7 Å². The van der Waals surface area contributed by atoms with Crippen molar-refractivity contribution < 1.29 is 27.0 Å². The highest BCUT2D eigenvalue weighted by atomic mass is 32.2. The average molecular weight is 521 g/mol. The third-order valence-electron chi connectivity index (χ3n) is 6.10. The Morgan fingerprint density at radius 3 is 2.66 bits per heavy atom. The SMILES string of the molecule is Cc1nnc(C[N+]2=C3C=CC(S(=O)(=O)NC4(CF)CC4)=CC3C(=O)N(Cc3cnn(C)c3)C2=O)s1. The standard InChI is InChI=1S/C21H23FN7O4S2/c1-13-24-25-18(34-13)11-28-17-4-3-15(35(32,33)26-21(12-22)5-6-21)7-16(17)19(30)29(20(28)31)10-14-8-23-27(2)9-14/h3-4,7-9,16,26H,5-6,10-12H2,1-2H3/q+1. The van der Waals surface area contributed by atoms with E-state index >= 15 is 0 Å². The molecular weight excluding hydrogens is 497 g/mol. The maximum Gasteiger partial charge on any atom is 0.501 e. The third kappa shape index (κ3) is 4.48. The van der Waals surface area contributed by atoms with Gasteiger partial charge in [0.15, 0.2) is 5.01 Å². The van der Waals surface area contributed by atoms with Gasteiger partial charge in [-0.05, 0) is 38.0 Å². The van der Waals surface area contributed by atoms with Crippen molar-refractivity contribution in [1.29, 1.82) is 0 Å². The molecule has 3 aliphatic rings. The molecule has 0 bridgehead atoms. The number of allylic oxidation sites excluding steroid dienone is 2. The minimum Gasteiger partial charge on any atom is -0.275 e. The minimum atomic E-state index is -4.06. The zero-order valence-electron chi connectivity index (χ0n) is 19.0.